The van der Waals surface area contributed by atoms with Gasteiger partial charge in [0.05, 0.1) is 19.9 Å². The number of anilines is 2. The SMILES string of the molecule is COc1ccc(OC)c(NC(=O)Cn2nc(SC)c(S(C)(=O)=O)c2N)c1. The van der Waals surface area contributed by atoms with E-state index in [1.54, 1.807) is 24.5 Å². The molecule has 142 valence electrons. The third kappa shape index (κ3) is 4.22. The van der Waals surface area contributed by atoms with Crippen LogP contribution in [0, 0.1) is 0 Å². The van der Waals surface area contributed by atoms with Gasteiger partial charge in [-0.15, -0.1) is 11.8 Å². The van der Waals surface area contributed by atoms with Crippen LogP contribution in [0.2, 0.25) is 0 Å². The molecule has 0 atom stereocenters. The van der Waals surface area contributed by atoms with Crippen molar-refractivity contribution < 1.29 is 22.7 Å². The summed E-state index contributed by atoms with van der Waals surface area (Å²) in [5.41, 5.74) is 6.31. The zero-order chi connectivity index (χ0) is 19.5. The van der Waals surface area contributed by atoms with Gasteiger partial charge in [0.1, 0.15) is 33.8 Å². The number of thioether (sulfide) groups is 1. The first-order chi connectivity index (χ1) is 12.2. The summed E-state index contributed by atoms with van der Waals surface area (Å²) < 4.78 is 35.3. The Bertz CT molecular complexity index is 924. The van der Waals surface area contributed by atoms with Crippen molar-refractivity contribution in [2.24, 2.45) is 0 Å². The van der Waals surface area contributed by atoms with E-state index in [0.29, 0.717) is 17.2 Å². The predicted octanol–water partition coefficient (Wildman–Crippen LogP) is 1.25. The van der Waals surface area contributed by atoms with E-state index < -0.39 is 15.7 Å². The Morgan fingerprint density at radius 3 is 2.54 bits per heavy atom. The number of methoxy groups -OCH3 is 2. The lowest BCUT2D eigenvalue weighted by Gasteiger charge is -2.12. The Kier molecular flexibility index (Phi) is 6.03. The third-order valence-electron chi connectivity index (χ3n) is 3.45. The predicted molar refractivity (Wildman–Crippen MR) is 99.7 cm³/mol. The lowest BCUT2D eigenvalue weighted by atomic mass is 10.2. The maximum absolute atomic E-state index is 12.4. The fourth-order valence-corrected chi connectivity index (χ4v) is 4.29. The van der Waals surface area contributed by atoms with E-state index in [0.717, 1.165) is 22.7 Å². The van der Waals surface area contributed by atoms with Crippen molar-refractivity contribution in [2.45, 2.75) is 16.5 Å². The zero-order valence-corrected chi connectivity index (χ0v) is 16.4. The first-order valence-electron chi connectivity index (χ1n) is 7.33. The Morgan fingerprint density at radius 1 is 1.35 bits per heavy atom. The zero-order valence-electron chi connectivity index (χ0n) is 14.8. The Labute approximate surface area is 155 Å². The molecule has 0 aliphatic rings. The highest BCUT2D eigenvalue weighted by Gasteiger charge is 2.24. The smallest absolute Gasteiger partial charge is 0.246 e. The number of benzene rings is 1. The van der Waals surface area contributed by atoms with Gasteiger partial charge < -0.3 is 20.5 Å². The molecular formula is C15H20N4O5S2. The van der Waals surface area contributed by atoms with Gasteiger partial charge >= 0.3 is 0 Å². The number of amides is 1. The lowest BCUT2D eigenvalue weighted by molar-refractivity contribution is -0.116. The van der Waals surface area contributed by atoms with Crippen molar-refractivity contribution in [1.82, 2.24) is 9.78 Å². The minimum Gasteiger partial charge on any atom is -0.497 e. The third-order valence-corrected chi connectivity index (χ3v) is 5.40. The number of nitrogens with zero attached hydrogens (tertiary/aromatic N) is 2. The molecule has 0 saturated carbocycles. The van der Waals surface area contributed by atoms with Crippen LogP contribution in [0.1, 0.15) is 0 Å². The van der Waals surface area contributed by atoms with E-state index in [2.05, 4.69) is 10.4 Å². The molecule has 0 spiro atoms. The average molecular weight is 400 g/mol. The highest BCUT2D eigenvalue weighted by atomic mass is 32.2. The van der Waals surface area contributed by atoms with Crippen LogP contribution < -0.4 is 20.5 Å². The fraction of sp³-hybridized carbons (Fsp3) is 0.333. The summed E-state index contributed by atoms with van der Waals surface area (Å²) in [4.78, 5) is 12.3. The van der Waals surface area contributed by atoms with E-state index in [1.165, 1.54) is 14.2 Å². The maximum Gasteiger partial charge on any atom is 0.246 e. The van der Waals surface area contributed by atoms with Gasteiger partial charge in [-0.25, -0.2) is 13.1 Å². The summed E-state index contributed by atoms with van der Waals surface area (Å²) in [6.45, 7) is -0.255. The quantitative estimate of drug-likeness (QED) is 0.665. The first kappa shape index (κ1) is 19.9. The number of nitrogens with two attached hydrogens (primary N) is 1. The van der Waals surface area contributed by atoms with Crippen LogP contribution >= 0.6 is 11.8 Å². The number of sulfone groups is 1. The molecule has 2 rings (SSSR count). The second-order valence-corrected chi connectivity index (χ2v) is 8.02. The van der Waals surface area contributed by atoms with Crippen LogP contribution in [0.25, 0.3) is 0 Å². The molecule has 0 aliphatic carbocycles. The van der Waals surface area contributed by atoms with E-state index in [4.69, 9.17) is 15.2 Å². The van der Waals surface area contributed by atoms with Gasteiger partial charge in [-0.05, 0) is 18.4 Å². The minimum absolute atomic E-state index is 0.0724. The number of ether oxygens (including phenoxy) is 2. The van der Waals surface area contributed by atoms with Crippen molar-refractivity contribution in [3.63, 3.8) is 0 Å². The second-order valence-electron chi connectivity index (χ2n) is 5.27. The Hall–Kier alpha value is -2.40. The molecule has 11 heteroatoms. The number of nitrogen functional groups attached to an aromatic ring is 1. The Balaban J connectivity index is 2.28. The van der Waals surface area contributed by atoms with Gasteiger partial charge in [0.15, 0.2) is 9.84 Å². The maximum atomic E-state index is 12.4. The molecule has 0 fully saturated rings. The second kappa shape index (κ2) is 7.87. The van der Waals surface area contributed by atoms with Crippen LogP contribution in [0.4, 0.5) is 11.5 Å². The molecule has 1 amide bonds. The van der Waals surface area contributed by atoms with Gasteiger partial charge in [0.2, 0.25) is 5.91 Å². The molecule has 1 aromatic carbocycles. The first-order valence-corrected chi connectivity index (χ1v) is 10.4. The molecule has 1 aromatic heterocycles. The van der Waals surface area contributed by atoms with Crippen LogP contribution in [0.3, 0.4) is 0 Å². The molecule has 0 unspecified atom stereocenters. The number of hydrogen-bond acceptors (Lipinski definition) is 8. The van der Waals surface area contributed by atoms with E-state index >= 15 is 0 Å². The molecule has 9 nitrogen and oxygen atoms in total. The van der Waals surface area contributed by atoms with Gasteiger partial charge in [0.25, 0.3) is 0 Å². The van der Waals surface area contributed by atoms with Gasteiger partial charge in [-0.1, -0.05) is 0 Å². The van der Waals surface area contributed by atoms with Crippen molar-refractivity contribution in [3.05, 3.63) is 18.2 Å². The number of nitrogens with one attached hydrogen (secondary N) is 1. The Morgan fingerprint density at radius 2 is 2.04 bits per heavy atom. The topological polar surface area (TPSA) is 126 Å². The molecule has 26 heavy (non-hydrogen) atoms. The van der Waals surface area contributed by atoms with E-state index in [1.807, 2.05) is 0 Å². The average Bonchev–Trinajstić information content (AvgIpc) is 2.90. The van der Waals surface area contributed by atoms with Gasteiger partial charge in [-0.3, -0.25) is 4.79 Å². The van der Waals surface area contributed by atoms with Gasteiger partial charge in [0, 0.05) is 12.3 Å². The summed E-state index contributed by atoms with van der Waals surface area (Å²) in [5, 5.41) is 7.04. The van der Waals surface area contributed by atoms with Crippen molar-refractivity contribution in [2.75, 3.05) is 37.8 Å². The normalized spacial score (nSPS) is 11.2. The molecule has 0 saturated heterocycles. The van der Waals surface area contributed by atoms with Crippen LogP contribution in [-0.2, 0) is 21.2 Å². The highest BCUT2D eigenvalue weighted by Crippen LogP contribution is 2.30. The molecular weight excluding hydrogens is 380 g/mol. The minimum atomic E-state index is -3.57. The van der Waals surface area contributed by atoms with Crippen LogP contribution in [0.15, 0.2) is 28.1 Å². The molecule has 0 aliphatic heterocycles. The summed E-state index contributed by atoms with van der Waals surface area (Å²) in [6, 6.07) is 4.96. The molecule has 0 bridgehead atoms. The van der Waals surface area contributed by atoms with Crippen molar-refractivity contribution >= 4 is 39.0 Å². The number of rotatable bonds is 7. The van der Waals surface area contributed by atoms with Crippen molar-refractivity contribution in [3.8, 4) is 11.5 Å². The highest BCUT2D eigenvalue weighted by molar-refractivity contribution is 7.99. The van der Waals surface area contributed by atoms with Crippen LogP contribution in [0.5, 0.6) is 11.5 Å². The van der Waals surface area contributed by atoms with E-state index in [9.17, 15) is 13.2 Å². The summed E-state index contributed by atoms with van der Waals surface area (Å²) in [5.74, 6) is 0.473. The summed E-state index contributed by atoms with van der Waals surface area (Å²) in [7, 11) is -0.580. The number of hydrogen-bond donors (Lipinski definition) is 2. The van der Waals surface area contributed by atoms with E-state index in [-0.39, 0.29) is 22.3 Å². The molecule has 3 N–H and O–H groups in total. The fourth-order valence-electron chi connectivity index (χ4n) is 2.28. The molecule has 1 heterocycles. The van der Waals surface area contributed by atoms with Gasteiger partial charge in [-0.2, -0.15) is 5.10 Å². The number of aromatic nitrogens is 2. The standard InChI is InChI=1S/C15H20N4O5S2/c1-23-9-5-6-11(24-2)10(7-9)17-12(20)8-19-14(16)13(26(4,21)22)15(18-19)25-3/h5-7H,8,16H2,1-4H3,(H,17,20). The van der Waals surface area contributed by atoms with Crippen molar-refractivity contribution in [1.29, 1.82) is 0 Å². The number of carbonyl (C=O) groups excluding carboxylic acids is 1. The monoisotopic (exact) mass is 400 g/mol. The molecule has 2 aromatic rings. The molecule has 0 radical (unpaired) electrons. The summed E-state index contributed by atoms with van der Waals surface area (Å²) in [6.07, 6.45) is 2.73. The number of carbonyl (C=O) groups is 1. The lowest BCUT2D eigenvalue weighted by Crippen LogP contribution is -2.21. The largest absolute Gasteiger partial charge is 0.497 e. The van der Waals surface area contributed by atoms with Crippen LogP contribution in [-0.4, -0.2) is 50.8 Å². The summed E-state index contributed by atoms with van der Waals surface area (Å²) >= 11 is 1.14.